The number of hydrogen-bond donors (Lipinski definition) is 2. The van der Waals surface area contributed by atoms with E-state index in [9.17, 15) is 4.79 Å². The van der Waals surface area contributed by atoms with Crippen molar-refractivity contribution in [2.45, 2.75) is 12.3 Å². The number of hydrogen-bond acceptors (Lipinski definition) is 5. The largest absolute Gasteiger partial charge is 0.496 e. The number of H-pyrrole nitrogens is 1. The molecule has 0 aliphatic heterocycles. The van der Waals surface area contributed by atoms with E-state index in [0.29, 0.717) is 18.0 Å². The molecule has 0 aliphatic carbocycles. The van der Waals surface area contributed by atoms with E-state index in [4.69, 9.17) is 4.74 Å². The fourth-order valence-corrected chi connectivity index (χ4v) is 3.26. The maximum atomic E-state index is 13.2. The molecule has 3 aromatic carbocycles. The minimum absolute atomic E-state index is 0.205. The van der Waals surface area contributed by atoms with Crippen LogP contribution in [0.5, 0.6) is 5.75 Å². The van der Waals surface area contributed by atoms with Gasteiger partial charge in [0, 0.05) is 11.1 Å². The van der Waals surface area contributed by atoms with Gasteiger partial charge in [-0.25, -0.2) is 0 Å². The van der Waals surface area contributed by atoms with Gasteiger partial charge in [0.2, 0.25) is 5.91 Å². The van der Waals surface area contributed by atoms with Crippen LogP contribution in [0.1, 0.15) is 17.3 Å². The van der Waals surface area contributed by atoms with E-state index in [1.165, 1.54) is 0 Å². The summed E-state index contributed by atoms with van der Waals surface area (Å²) in [6, 6.07) is 21.3. The zero-order chi connectivity index (χ0) is 19.3. The highest BCUT2D eigenvalue weighted by Crippen LogP contribution is 2.28. The van der Waals surface area contributed by atoms with Gasteiger partial charge >= 0.3 is 0 Å². The molecule has 0 unspecified atom stereocenters. The smallest absolute Gasteiger partial charge is 0.235 e. The minimum Gasteiger partial charge on any atom is -0.496 e. The summed E-state index contributed by atoms with van der Waals surface area (Å²) in [5.41, 5.74) is 1.64. The Bertz CT molecular complexity index is 1090. The summed E-state index contributed by atoms with van der Waals surface area (Å²) in [6.07, 6.45) is 0.389. The van der Waals surface area contributed by atoms with Crippen molar-refractivity contribution in [3.05, 3.63) is 78.1 Å². The quantitative estimate of drug-likeness (QED) is 0.541. The number of nitrogens with one attached hydrogen (secondary N) is 2. The van der Waals surface area contributed by atoms with Gasteiger partial charge in [0.25, 0.3) is 0 Å². The summed E-state index contributed by atoms with van der Waals surface area (Å²) in [7, 11) is 1.61. The Balaban J connectivity index is 1.66. The van der Waals surface area contributed by atoms with Crippen LogP contribution in [0.4, 0.5) is 5.69 Å². The number of anilines is 1. The van der Waals surface area contributed by atoms with E-state index in [1.54, 1.807) is 7.11 Å². The van der Waals surface area contributed by atoms with Gasteiger partial charge in [0.05, 0.1) is 7.11 Å². The lowest BCUT2D eigenvalue weighted by Crippen LogP contribution is -2.24. The van der Waals surface area contributed by atoms with Gasteiger partial charge in [-0.3, -0.25) is 4.79 Å². The molecule has 1 aromatic heterocycles. The summed E-state index contributed by atoms with van der Waals surface area (Å²) in [5, 5.41) is 19.2. The van der Waals surface area contributed by atoms with Crippen molar-refractivity contribution < 1.29 is 9.53 Å². The van der Waals surface area contributed by atoms with Crippen molar-refractivity contribution in [2.24, 2.45) is 0 Å². The Morgan fingerprint density at radius 3 is 2.68 bits per heavy atom. The first-order chi connectivity index (χ1) is 13.8. The maximum absolute atomic E-state index is 13.2. The number of tetrazole rings is 1. The van der Waals surface area contributed by atoms with Crippen LogP contribution >= 0.6 is 0 Å². The van der Waals surface area contributed by atoms with Gasteiger partial charge in [0.15, 0.2) is 5.82 Å². The number of rotatable bonds is 6. The Morgan fingerprint density at radius 1 is 1.07 bits per heavy atom. The van der Waals surface area contributed by atoms with Crippen molar-refractivity contribution in [3.63, 3.8) is 0 Å². The molecule has 1 heterocycles. The number of aromatic nitrogens is 4. The SMILES string of the molecule is COc1ccccc1C[C@@H](C(=O)Nc1cccc2ccccc12)c1nn[nH]n1. The van der Waals surface area contributed by atoms with Gasteiger partial charge in [-0.1, -0.05) is 59.8 Å². The fraction of sp³-hybridized carbons (Fsp3) is 0.143. The molecule has 140 valence electrons. The molecule has 7 heteroatoms. The molecule has 0 saturated carbocycles. The molecule has 0 aliphatic rings. The third-order valence-corrected chi connectivity index (χ3v) is 4.65. The molecule has 0 spiro atoms. The van der Waals surface area contributed by atoms with Gasteiger partial charge < -0.3 is 10.1 Å². The lowest BCUT2D eigenvalue weighted by Gasteiger charge is -2.16. The molecule has 1 atom stereocenters. The average molecular weight is 373 g/mol. The summed E-state index contributed by atoms with van der Waals surface area (Å²) >= 11 is 0. The number of carbonyl (C=O) groups is 1. The summed E-state index contributed by atoms with van der Waals surface area (Å²) in [5.74, 6) is 0.232. The molecule has 2 N–H and O–H groups in total. The highest BCUT2D eigenvalue weighted by atomic mass is 16.5. The second-order valence-corrected chi connectivity index (χ2v) is 6.35. The lowest BCUT2D eigenvalue weighted by atomic mass is 9.96. The van der Waals surface area contributed by atoms with Gasteiger partial charge in [0.1, 0.15) is 11.7 Å². The van der Waals surface area contributed by atoms with Crippen LogP contribution in [0.2, 0.25) is 0 Å². The van der Waals surface area contributed by atoms with Crippen molar-refractivity contribution in [1.82, 2.24) is 20.6 Å². The van der Waals surface area contributed by atoms with Crippen LogP contribution in [-0.4, -0.2) is 33.6 Å². The van der Waals surface area contributed by atoms with E-state index in [1.807, 2.05) is 66.7 Å². The van der Waals surface area contributed by atoms with Crippen molar-refractivity contribution in [2.75, 3.05) is 12.4 Å². The Kier molecular flexibility index (Phi) is 4.97. The Labute approximate surface area is 161 Å². The zero-order valence-corrected chi connectivity index (χ0v) is 15.3. The molecule has 0 fully saturated rings. The molecular weight excluding hydrogens is 354 g/mol. The number of para-hydroxylation sites is 1. The minimum atomic E-state index is -0.617. The van der Waals surface area contributed by atoms with Crippen LogP contribution < -0.4 is 10.1 Å². The molecule has 7 nitrogen and oxygen atoms in total. The van der Waals surface area contributed by atoms with Gasteiger partial charge in [-0.05, 0) is 29.5 Å². The lowest BCUT2D eigenvalue weighted by molar-refractivity contribution is -0.117. The predicted octanol–water partition coefficient (Wildman–Crippen LogP) is 3.33. The number of amides is 1. The molecule has 4 rings (SSSR count). The third kappa shape index (κ3) is 3.55. The number of nitrogens with zero attached hydrogens (tertiary/aromatic N) is 3. The number of methoxy groups -OCH3 is 1. The van der Waals surface area contributed by atoms with Crippen molar-refractivity contribution in [1.29, 1.82) is 0 Å². The normalized spacial score (nSPS) is 11.9. The monoisotopic (exact) mass is 373 g/mol. The first kappa shape index (κ1) is 17.7. The third-order valence-electron chi connectivity index (χ3n) is 4.65. The molecule has 0 radical (unpaired) electrons. The van der Waals surface area contributed by atoms with Gasteiger partial charge in [-0.2, -0.15) is 5.21 Å². The van der Waals surface area contributed by atoms with Crippen LogP contribution in [0.25, 0.3) is 10.8 Å². The second-order valence-electron chi connectivity index (χ2n) is 6.35. The molecule has 0 bridgehead atoms. The van der Waals surface area contributed by atoms with Crippen LogP contribution in [-0.2, 0) is 11.2 Å². The summed E-state index contributed by atoms with van der Waals surface area (Å²) in [6.45, 7) is 0. The fourth-order valence-electron chi connectivity index (χ4n) is 3.26. The van der Waals surface area contributed by atoms with Crippen molar-refractivity contribution in [3.8, 4) is 5.75 Å². The van der Waals surface area contributed by atoms with E-state index >= 15 is 0 Å². The average Bonchev–Trinajstić information content (AvgIpc) is 3.27. The zero-order valence-electron chi connectivity index (χ0n) is 15.3. The van der Waals surface area contributed by atoms with Crippen LogP contribution in [0.15, 0.2) is 66.7 Å². The second kappa shape index (κ2) is 7.87. The van der Waals surface area contributed by atoms with Crippen molar-refractivity contribution >= 4 is 22.4 Å². The molecular formula is C21H19N5O2. The molecule has 1 amide bonds. The van der Waals surface area contributed by atoms with Crippen LogP contribution in [0.3, 0.4) is 0 Å². The highest BCUT2D eigenvalue weighted by molar-refractivity contribution is 6.04. The van der Waals surface area contributed by atoms with E-state index in [2.05, 4.69) is 25.9 Å². The molecule has 28 heavy (non-hydrogen) atoms. The topological polar surface area (TPSA) is 92.8 Å². The molecule has 0 saturated heterocycles. The van der Waals surface area contributed by atoms with E-state index < -0.39 is 5.92 Å². The van der Waals surface area contributed by atoms with Crippen LogP contribution in [0, 0.1) is 0 Å². The molecule has 4 aromatic rings. The summed E-state index contributed by atoms with van der Waals surface area (Å²) in [4.78, 5) is 13.2. The highest BCUT2D eigenvalue weighted by Gasteiger charge is 2.27. The van der Waals surface area contributed by atoms with Gasteiger partial charge in [-0.15, -0.1) is 10.2 Å². The number of benzene rings is 3. The Morgan fingerprint density at radius 2 is 1.86 bits per heavy atom. The first-order valence-corrected chi connectivity index (χ1v) is 8.90. The number of aromatic amines is 1. The first-order valence-electron chi connectivity index (χ1n) is 8.90. The standard InChI is InChI=1S/C21H19N5O2/c1-28-19-12-5-3-8-15(19)13-17(20-23-25-26-24-20)21(27)22-18-11-6-9-14-7-2-4-10-16(14)18/h2-12,17H,13H2,1H3,(H,22,27)(H,23,24,25,26)/t17-/m1/s1. The van der Waals surface area contributed by atoms with E-state index in [-0.39, 0.29) is 5.91 Å². The number of ether oxygens (including phenoxy) is 1. The maximum Gasteiger partial charge on any atom is 0.235 e. The Hall–Kier alpha value is -3.74. The van der Waals surface area contributed by atoms with E-state index in [0.717, 1.165) is 22.0 Å². The predicted molar refractivity (Wildman–Crippen MR) is 106 cm³/mol. The summed E-state index contributed by atoms with van der Waals surface area (Å²) < 4.78 is 5.42. The number of fused-ring (bicyclic) bond motifs is 1. The number of carbonyl (C=O) groups excluding carboxylic acids is 1.